The van der Waals surface area contributed by atoms with E-state index in [4.69, 9.17) is 12.2 Å². The molecule has 0 saturated heterocycles. The van der Waals surface area contributed by atoms with Crippen LogP contribution >= 0.6 is 0 Å². The van der Waals surface area contributed by atoms with E-state index in [-0.39, 0.29) is 11.2 Å². The molecule has 1 heterocycles. The fourth-order valence-corrected chi connectivity index (χ4v) is 1.23. The largest absolute Gasteiger partial charge is 0.393 e. The Bertz CT molecular complexity index is 403. The number of anilines is 2. The zero-order valence-electron chi connectivity index (χ0n) is 8.08. The van der Waals surface area contributed by atoms with Crippen LogP contribution in [0.25, 0.3) is 0 Å². The molecule has 0 fully saturated rings. The number of nitrogen functional groups attached to an aromatic ring is 1. The third-order valence-corrected chi connectivity index (χ3v) is 1.98. The highest BCUT2D eigenvalue weighted by Crippen LogP contribution is 2.17. The minimum atomic E-state index is -0.280. The molecule has 0 amide bonds. The van der Waals surface area contributed by atoms with Gasteiger partial charge in [0.1, 0.15) is 5.69 Å². The normalized spacial score (nSPS) is 9.43. The Morgan fingerprint density at radius 2 is 2.43 bits per heavy atom. The van der Waals surface area contributed by atoms with Gasteiger partial charge in [-0.05, 0) is 13.0 Å². The molecule has 0 bridgehead atoms. The third-order valence-electron chi connectivity index (χ3n) is 1.98. The molecule has 0 radical (unpaired) electrons. The number of H-pyrrole nitrogens is 1. The van der Waals surface area contributed by atoms with Gasteiger partial charge in [-0.25, -0.2) is 0 Å². The predicted molar refractivity (Wildman–Crippen MR) is 58.2 cm³/mol. The summed E-state index contributed by atoms with van der Waals surface area (Å²) < 4.78 is 0. The second-order valence-electron chi connectivity index (χ2n) is 2.82. The van der Waals surface area contributed by atoms with Crippen molar-refractivity contribution in [2.24, 2.45) is 0 Å². The van der Waals surface area contributed by atoms with Crippen LogP contribution in [0.1, 0.15) is 6.92 Å². The average Bonchev–Trinajstić information content (AvgIpc) is 2.19. The number of hydrogen-bond donors (Lipinski definition) is 2. The first kappa shape index (κ1) is 10.2. The van der Waals surface area contributed by atoms with Crippen molar-refractivity contribution in [2.45, 2.75) is 6.92 Å². The summed E-state index contributed by atoms with van der Waals surface area (Å²) in [4.78, 5) is 15.6. The molecular formula is C10H13N3O. The van der Waals surface area contributed by atoms with Crippen LogP contribution in [0.3, 0.4) is 0 Å². The van der Waals surface area contributed by atoms with Gasteiger partial charge >= 0.3 is 0 Å². The molecule has 14 heavy (non-hydrogen) atoms. The Balaban J connectivity index is 3.11. The van der Waals surface area contributed by atoms with Crippen LogP contribution < -0.4 is 16.2 Å². The van der Waals surface area contributed by atoms with E-state index in [1.165, 1.54) is 0 Å². The summed E-state index contributed by atoms with van der Waals surface area (Å²) in [5, 5.41) is 0. The molecule has 74 valence electrons. The lowest BCUT2D eigenvalue weighted by atomic mass is 10.3. The number of rotatable bonds is 3. The van der Waals surface area contributed by atoms with Gasteiger partial charge in [0.25, 0.3) is 5.56 Å². The highest BCUT2D eigenvalue weighted by atomic mass is 16.1. The molecule has 0 saturated carbocycles. The van der Waals surface area contributed by atoms with Crippen molar-refractivity contribution in [2.75, 3.05) is 23.7 Å². The highest BCUT2D eigenvalue weighted by molar-refractivity contribution is 5.66. The second-order valence-corrected chi connectivity index (χ2v) is 2.82. The summed E-state index contributed by atoms with van der Waals surface area (Å²) in [6.07, 6.45) is 6.77. The molecule has 0 aliphatic rings. The Kier molecular flexibility index (Phi) is 3.19. The van der Waals surface area contributed by atoms with Crippen molar-refractivity contribution >= 4 is 11.4 Å². The fourth-order valence-electron chi connectivity index (χ4n) is 1.23. The Morgan fingerprint density at radius 1 is 1.71 bits per heavy atom. The molecule has 0 aromatic carbocycles. The number of terminal acetylenes is 1. The zero-order valence-corrected chi connectivity index (χ0v) is 8.08. The van der Waals surface area contributed by atoms with E-state index in [1.54, 1.807) is 12.3 Å². The minimum Gasteiger partial charge on any atom is -0.393 e. The fraction of sp³-hybridized carbons (Fsp3) is 0.300. The average molecular weight is 191 g/mol. The van der Waals surface area contributed by atoms with Crippen LogP contribution in [0, 0.1) is 12.3 Å². The molecule has 0 aliphatic carbocycles. The first-order chi connectivity index (χ1) is 6.70. The Labute approximate surface area is 82.7 Å². The van der Waals surface area contributed by atoms with E-state index in [0.29, 0.717) is 12.2 Å². The molecular weight excluding hydrogens is 178 g/mol. The smallest absolute Gasteiger partial charge is 0.273 e. The van der Waals surface area contributed by atoms with Crippen LogP contribution in [0.15, 0.2) is 17.1 Å². The molecule has 0 unspecified atom stereocenters. The molecule has 3 N–H and O–H groups in total. The van der Waals surface area contributed by atoms with E-state index in [1.807, 2.05) is 11.8 Å². The monoisotopic (exact) mass is 191 g/mol. The number of nitrogens with one attached hydrogen (secondary N) is 1. The van der Waals surface area contributed by atoms with Gasteiger partial charge in [-0.15, -0.1) is 6.42 Å². The van der Waals surface area contributed by atoms with Gasteiger partial charge in [-0.1, -0.05) is 5.92 Å². The Morgan fingerprint density at radius 3 is 3.00 bits per heavy atom. The molecule has 0 aliphatic heterocycles. The van der Waals surface area contributed by atoms with Gasteiger partial charge < -0.3 is 15.6 Å². The van der Waals surface area contributed by atoms with Gasteiger partial charge in [0.15, 0.2) is 0 Å². The van der Waals surface area contributed by atoms with Gasteiger partial charge in [0, 0.05) is 12.7 Å². The summed E-state index contributed by atoms with van der Waals surface area (Å²) in [7, 11) is 0. The first-order valence-corrected chi connectivity index (χ1v) is 4.36. The number of nitrogens with two attached hydrogens (primary N) is 1. The van der Waals surface area contributed by atoms with Crippen LogP contribution in [0.4, 0.5) is 11.4 Å². The summed E-state index contributed by atoms with van der Waals surface area (Å²) in [6.45, 7) is 3.12. The zero-order chi connectivity index (χ0) is 10.6. The van der Waals surface area contributed by atoms with Crippen molar-refractivity contribution in [3.63, 3.8) is 0 Å². The topological polar surface area (TPSA) is 62.1 Å². The summed E-state index contributed by atoms with van der Waals surface area (Å²) in [6, 6.07) is 1.75. The van der Waals surface area contributed by atoms with Crippen LogP contribution in [-0.4, -0.2) is 18.1 Å². The van der Waals surface area contributed by atoms with Gasteiger partial charge in [0.05, 0.1) is 12.2 Å². The predicted octanol–water partition coefficient (Wildman–Crippen LogP) is 0.417. The first-order valence-electron chi connectivity index (χ1n) is 4.36. The standard InChI is InChI=1S/C10H13N3O/c1-3-7-13(4-2)8-5-6-12-10(14)9(8)11/h1,5-6H,4,7,11H2,2H3,(H,12,14). The minimum absolute atomic E-state index is 0.213. The lowest BCUT2D eigenvalue weighted by molar-refractivity contribution is 0.916. The summed E-state index contributed by atoms with van der Waals surface area (Å²) >= 11 is 0. The molecule has 1 rings (SSSR count). The van der Waals surface area contributed by atoms with E-state index < -0.39 is 0 Å². The number of aromatic nitrogens is 1. The van der Waals surface area contributed by atoms with E-state index in [0.717, 1.165) is 6.54 Å². The van der Waals surface area contributed by atoms with E-state index in [2.05, 4.69) is 10.9 Å². The van der Waals surface area contributed by atoms with Gasteiger partial charge in [0.2, 0.25) is 0 Å². The van der Waals surface area contributed by atoms with Crippen molar-refractivity contribution < 1.29 is 0 Å². The second kappa shape index (κ2) is 4.38. The molecule has 0 atom stereocenters. The number of aromatic amines is 1. The van der Waals surface area contributed by atoms with Crippen LogP contribution in [-0.2, 0) is 0 Å². The molecule has 0 spiro atoms. The third kappa shape index (κ3) is 1.88. The number of pyridine rings is 1. The quantitative estimate of drug-likeness (QED) is 0.680. The molecule has 4 heteroatoms. The Hall–Kier alpha value is -1.89. The number of hydrogen-bond acceptors (Lipinski definition) is 3. The van der Waals surface area contributed by atoms with Crippen LogP contribution in [0.5, 0.6) is 0 Å². The summed E-state index contributed by atoms with van der Waals surface area (Å²) in [5.74, 6) is 2.52. The SMILES string of the molecule is C#CCN(CC)c1cc[nH]c(=O)c1N. The maximum Gasteiger partial charge on any atom is 0.273 e. The maximum absolute atomic E-state index is 11.2. The molecule has 1 aromatic rings. The molecule has 4 nitrogen and oxygen atoms in total. The molecule has 1 aromatic heterocycles. The lowest BCUT2D eigenvalue weighted by Gasteiger charge is -2.21. The lowest BCUT2D eigenvalue weighted by Crippen LogP contribution is -2.26. The van der Waals surface area contributed by atoms with Crippen molar-refractivity contribution in [3.8, 4) is 12.3 Å². The van der Waals surface area contributed by atoms with Crippen molar-refractivity contribution in [1.29, 1.82) is 0 Å². The summed E-state index contributed by atoms with van der Waals surface area (Å²) in [5.41, 5.74) is 6.26. The maximum atomic E-state index is 11.2. The van der Waals surface area contributed by atoms with Gasteiger partial charge in [-0.2, -0.15) is 0 Å². The van der Waals surface area contributed by atoms with Crippen LogP contribution in [0.2, 0.25) is 0 Å². The van der Waals surface area contributed by atoms with E-state index >= 15 is 0 Å². The van der Waals surface area contributed by atoms with E-state index in [9.17, 15) is 4.79 Å². The highest BCUT2D eigenvalue weighted by Gasteiger charge is 2.08. The number of nitrogens with zero attached hydrogens (tertiary/aromatic N) is 1. The van der Waals surface area contributed by atoms with Crippen molar-refractivity contribution in [3.05, 3.63) is 22.6 Å². The van der Waals surface area contributed by atoms with Crippen molar-refractivity contribution in [1.82, 2.24) is 4.98 Å². The van der Waals surface area contributed by atoms with Gasteiger partial charge in [-0.3, -0.25) is 4.79 Å².